The van der Waals surface area contributed by atoms with Crippen molar-refractivity contribution in [1.29, 1.82) is 0 Å². The summed E-state index contributed by atoms with van der Waals surface area (Å²) in [6.45, 7) is 0. The maximum Gasteiger partial charge on any atom is 0.119 e. The first kappa shape index (κ1) is 7.99. The lowest BCUT2D eigenvalue weighted by Crippen LogP contribution is -2.32. The Balaban J connectivity index is 1.76. The molecule has 3 atom stereocenters. The minimum Gasteiger partial charge on any atom is -0.307 e. The number of hydrogen-bond donors (Lipinski definition) is 1. The number of hydrogen-bond acceptors (Lipinski definition) is 2. The molecule has 2 aliphatic rings. The lowest BCUT2D eigenvalue weighted by atomic mass is 9.98. The van der Waals surface area contributed by atoms with Crippen molar-refractivity contribution in [3.63, 3.8) is 0 Å². The van der Waals surface area contributed by atoms with Gasteiger partial charge in [-0.25, -0.2) is 0 Å². The first-order valence-corrected chi connectivity index (χ1v) is 4.78. The molecule has 2 heteroatoms. The molecular weight excluding hydrogens is 150 g/mol. The van der Waals surface area contributed by atoms with Crippen LogP contribution in [0.3, 0.4) is 0 Å². The fourth-order valence-electron chi connectivity index (χ4n) is 2.27. The molecule has 1 unspecified atom stereocenters. The molecule has 0 amide bonds. The van der Waals surface area contributed by atoms with Crippen molar-refractivity contribution in [3.05, 3.63) is 12.2 Å². The van der Waals surface area contributed by atoms with Crippen LogP contribution in [0.4, 0.5) is 0 Å². The van der Waals surface area contributed by atoms with Crippen molar-refractivity contribution in [1.82, 2.24) is 5.32 Å². The number of aldehydes is 1. The van der Waals surface area contributed by atoms with Gasteiger partial charge in [0.15, 0.2) is 0 Å². The molecule has 66 valence electrons. The first-order valence-electron chi connectivity index (χ1n) is 4.78. The van der Waals surface area contributed by atoms with Crippen molar-refractivity contribution < 1.29 is 4.79 Å². The average molecular weight is 165 g/mol. The van der Waals surface area contributed by atoms with Crippen LogP contribution in [0.1, 0.15) is 25.7 Å². The van der Waals surface area contributed by atoms with Gasteiger partial charge in [0.1, 0.15) is 6.29 Å². The fraction of sp³-hybridized carbons (Fsp3) is 0.700. The highest BCUT2D eigenvalue weighted by molar-refractivity contribution is 5.49. The van der Waals surface area contributed by atoms with E-state index in [0.29, 0.717) is 12.1 Å². The summed E-state index contributed by atoms with van der Waals surface area (Å²) in [6, 6.07) is 1.29. The SMILES string of the molecule is O=CCCCC1N[C@@H]2C=C[C@H]1C2. The quantitative estimate of drug-likeness (QED) is 0.386. The summed E-state index contributed by atoms with van der Waals surface area (Å²) in [4.78, 5) is 10.1. The summed E-state index contributed by atoms with van der Waals surface area (Å²) in [5.74, 6) is 0.752. The molecule has 1 fully saturated rings. The average Bonchev–Trinajstić information content (AvgIpc) is 2.65. The number of carbonyl (C=O) groups excluding carboxylic acids is 1. The van der Waals surface area contributed by atoms with Gasteiger partial charge in [0.05, 0.1) is 0 Å². The van der Waals surface area contributed by atoms with E-state index >= 15 is 0 Å². The van der Waals surface area contributed by atoms with Crippen LogP contribution in [0.5, 0.6) is 0 Å². The van der Waals surface area contributed by atoms with Crippen molar-refractivity contribution in [2.24, 2.45) is 5.92 Å². The summed E-state index contributed by atoms with van der Waals surface area (Å²) in [7, 11) is 0. The van der Waals surface area contributed by atoms with E-state index < -0.39 is 0 Å². The molecule has 0 saturated carbocycles. The Hall–Kier alpha value is -0.630. The highest BCUT2D eigenvalue weighted by atomic mass is 16.1. The van der Waals surface area contributed by atoms with Gasteiger partial charge in [0, 0.05) is 18.5 Å². The lowest BCUT2D eigenvalue weighted by Gasteiger charge is -2.18. The number of unbranched alkanes of at least 4 members (excludes halogenated alkanes) is 1. The van der Waals surface area contributed by atoms with Crippen molar-refractivity contribution in [2.45, 2.75) is 37.8 Å². The molecule has 1 aliphatic carbocycles. The van der Waals surface area contributed by atoms with E-state index in [4.69, 9.17) is 0 Å². The van der Waals surface area contributed by atoms with Crippen molar-refractivity contribution >= 4 is 6.29 Å². The Bertz CT molecular complexity index is 200. The maximum absolute atomic E-state index is 10.1. The molecule has 0 aromatic heterocycles. The second-order valence-corrected chi connectivity index (χ2v) is 3.76. The molecule has 2 bridgehead atoms. The minimum absolute atomic E-state index is 0.635. The summed E-state index contributed by atoms with van der Waals surface area (Å²) in [5.41, 5.74) is 0. The van der Waals surface area contributed by atoms with Crippen LogP contribution < -0.4 is 5.32 Å². The third kappa shape index (κ3) is 1.44. The lowest BCUT2D eigenvalue weighted by molar-refractivity contribution is -0.107. The largest absolute Gasteiger partial charge is 0.307 e. The van der Waals surface area contributed by atoms with Gasteiger partial charge in [-0.05, 0) is 25.2 Å². The molecular formula is C10H15NO. The van der Waals surface area contributed by atoms with E-state index in [1.807, 2.05) is 0 Å². The van der Waals surface area contributed by atoms with Crippen LogP contribution >= 0.6 is 0 Å². The Morgan fingerprint density at radius 3 is 3.00 bits per heavy atom. The van der Waals surface area contributed by atoms with E-state index in [1.165, 1.54) is 6.42 Å². The van der Waals surface area contributed by atoms with Crippen LogP contribution in [-0.4, -0.2) is 18.4 Å². The molecule has 2 rings (SSSR count). The molecule has 1 heterocycles. The van der Waals surface area contributed by atoms with Gasteiger partial charge < -0.3 is 10.1 Å². The second-order valence-electron chi connectivity index (χ2n) is 3.76. The number of nitrogens with one attached hydrogen (secondary N) is 1. The third-order valence-electron chi connectivity index (χ3n) is 2.90. The van der Waals surface area contributed by atoms with Gasteiger partial charge in [-0.2, -0.15) is 0 Å². The molecule has 0 aromatic rings. The molecule has 12 heavy (non-hydrogen) atoms. The van der Waals surface area contributed by atoms with Crippen LogP contribution in [-0.2, 0) is 4.79 Å². The molecule has 0 aromatic carbocycles. The monoisotopic (exact) mass is 165 g/mol. The Morgan fingerprint density at radius 1 is 1.50 bits per heavy atom. The summed E-state index contributed by atoms with van der Waals surface area (Å²) in [5, 5.41) is 3.55. The molecule has 1 N–H and O–H groups in total. The molecule has 0 radical (unpaired) electrons. The zero-order chi connectivity index (χ0) is 8.39. The van der Waals surface area contributed by atoms with Gasteiger partial charge >= 0.3 is 0 Å². The van der Waals surface area contributed by atoms with Crippen LogP contribution in [0, 0.1) is 5.92 Å². The molecule has 0 spiro atoms. The van der Waals surface area contributed by atoms with Gasteiger partial charge in [-0.15, -0.1) is 0 Å². The van der Waals surface area contributed by atoms with Crippen LogP contribution in [0.25, 0.3) is 0 Å². The number of fused-ring (bicyclic) bond motifs is 2. The fourth-order valence-corrected chi connectivity index (χ4v) is 2.27. The standard InChI is InChI=1S/C10H15NO/c12-6-2-1-3-10-8-4-5-9(7-8)11-10/h4-6,8-11H,1-3,7H2/t8-,9+,10?/m0/s1. The summed E-state index contributed by atoms with van der Waals surface area (Å²) >= 11 is 0. The summed E-state index contributed by atoms with van der Waals surface area (Å²) in [6.07, 6.45) is 9.81. The van der Waals surface area contributed by atoms with E-state index in [0.717, 1.165) is 31.5 Å². The second kappa shape index (κ2) is 3.40. The van der Waals surface area contributed by atoms with Gasteiger partial charge in [-0.1, -0.05) is 12.2 Å². The van der Waals surface area contributed by atoms with E-state index in [1.54, 1.807) is 0 Å². The zero-order valence-electron chi connectivity index (χ0n) is 7.20. The number of rotatable bonds is 4. The van der Waals surface area contributed by atoms with E-state index in [9.17, 15) is 4.79 Å². The van der Waals surface area contributed by atoms with Crippen LogP contribution in [0.15, 0.2) is 12.2 Å². The van der Waals surface area contributed by atoms with Crippen molar-refractivity contribution in [2.75, 3.05) is 0 Å². The normalized spacial score (nSPS) is 37.5. The topological polar surface area (TPSA) is 29.1 Å². The molecule has 1 saturated heterocycles. The van der Waals surface area contributed by atoms with Gasteiger partial charge in [-0.3, -0.25) is 0 Å². The molecule has 2 nitrogen and oxygen atoms in total. The maximum atomic E-state index is 10.1. The smallest absolute Gasteiger partial charge is 0.119 e. The van der Waals surface area contributed by atoms with Crippen LogP contribution in [0.2, 0.25) is 0 Å². The predicted octanol–water partition coefficient (Wildman–Crippen LogP) is 1.27. The molecule has 1 aliphatic heterocycles. The van der Waals surface area contributed by atoms with Gasteiger partial charge in [0.2, 0.25) is 0 Å². The van der Waals surface area contributed by atoms with E-state index in [-0.39, 0.29) is 0 Å². The number of carbonyl (C=O) groups is 1. The first-order chi connectivity index (χ1) is 5.90. The highest BCUT2D eigenvalue weighted by Crippen LogP contribution is 2.31. The van der Waals surface area contributed by atoms with Crippen molar-refractivity contribution in [3.8, 4) is 0 Å². The van der Waals surface area contributed by atoms with E-state index in [2.05, 4.69) is 17.5 Å². The predicted molar refractivity (Wildman–Crippen MR) is 47.9 cm³/mol. The Kier molecular flexibility index (Phi) is 2.26. The Labute approximate surface area is 73.0 Å². The zero-order valence-corrected chi connectivity index (χ0v) is 7.20. The van der Waals surface area contributed by atoms with Gasteiger partial charge in [0.25, 0.3) is 0 Å². The Morgan fingerprint density at radius 2 is 2.42 bits per heavy atom. The highest BCUT2D eigenvalue weighted by Gasteiger charge is 2.33. The summed E-state index contributed by atoms with van der Waals surface area (Å²) < 4.78 is 0. The third-order valence-corrected chi connectivity index (χ3v) is 2.90. The minimum atomic E-state index is 0.635.